The van der Waals surface area contributed by atoms with Crippen LogP contribution in [0.25, 0.3) is 0 Å². The Labute approximate surface area is 165 Å². The molecule has 0 aliphatic carbocycles. The molecular weight excluding hydrogens is 387 g/mol. The Balaban J connectivity index is 1.95. The summed E-state index contributed by atoms with van der Waals surface area (Å²) in [5.41, 5.74) is -0.472. The maximum Gasteiger partial charge on any atom is 0.321 e. The lowest BCUT2D eigenvalue weighted by Gasteiger charge is -2.36. The zero-order valence-corrected chi connectivity index (χ0v) is 17.3. The van der Waals surface area contributed by atoms with Crippen molar-refractivity contribution in [3.05, 3.63) is 30.1 Å². The summed E-state index contributed by atoms with van der Waals surface area (Å²) in [6, 6.07) is 4.07. The van der Waals surface area contributed by atoms with E-state index in [1.807, 2.05) is 0 Å². The summed E-state index contributed by atoms with van der Waals surface area (Å²) in [7, 11) is -3.93. The minimum absolute atomic E-state index is 0.127. The van der Waals surface area contributed by atoms with Gasteiger partial charge in [0, 0.05) is 31.7 Å². The maximum atomic E-state index is 13.9. The van der Waals surface area contributed by atoms with Gasteiger partial charge in [-0.1, -0.05) is 12.1 Å². The largest absolute Gasteiger partial charge is 0.333 e. The van der Waals surface area contributed by atoms with Gasteiger partial charge in [0.25, 0.3) is 0 Å². The Morgan fingerprint density at radius 3 is 2.21 bits per heavy atom. The van der Waals surface area contributed by atoms with E-state index in [-0.39, 0.29) is 18.0 Å². The van der Waals surface area contributed by atoms with Crippen molar-refractivity contribution in [2.24, 2.45) is 0 Å². The zero-order valence-electron chi connectivity index (χ0n) is 16.5. The van der Waals surface area contributed by atoms with Crippen LogP contribution in [0, 0.1) is 5.82 Å². The Bertz CT molecular complexity index is 830. The molecule has 1 saturated heterocycles. The standard InChI is InChI=1S/C18H27FN4O4S/c1-13(16(24)20-17(25)21-18(2,3)4)22-9-11-23(12-10-22)28(26,27)15-8-6-5-7-14(15)19/h5-8,13H,9-12H2,1-4H3,(H2,20,21,24,25)/t13-/m0/s1. The molecule has 10 heteroatoms. The van der Waals surface area contributed by atoms with Crippen molar-refractivity contribution in [1.82, 2.24) is 19.8 Å². The molecule has 0 radical (unpaired) electrons. The van der Waals surface area contributed by atoms with Crippen LogP contribution in [0.3, 0.4) is 0 Å². The second-order valence-electron chi connectivity index (χ2n) is 7.74. The number of hydrogen-bond acceptors (Lipinski definition) is 5. The van der Waals surface area contributed by atoms with E-state index >= 15 is 0 Å². The quantitative estimate of drug-likeness (QED) is 0.770. The molecule has 0 spiro atoms. The van der Waals surface area contributed by atoms with Crippen LogP contribution in [0.15, 0.2) is 29.2 Å². The molecule has 0 unspecified atom stereocenters. The summed E-state index contributed by atoms with van der Waals surface area (Å²) in [5.74, 6) is -1.25. The fourth-order valence-electron chi connectivity index (χ4n) is 2.88. The smallest absolute Gasteiger partial charge is 0.321 e. The first kappa shape index (κ1) is 22.3. The van der Waals surface area contributed by atoms with Gasteiger partial charge in [-0.15, -0.1) is 0 Å². The topological polar surface area (TPSA) is 98.8 Å². The maximum absolute atomic E-state index is 13.9. The van der Waals surface area contributed by atoms with E-state index in [0.717, 1.165) is 6.07 Å². The van der Waals surface area contributed by atoms with Gasteiger partial charge in [0.2, 0.25) is 15.9 Å². The Morgan fingerprint density at radius 1 is 1.11 bits per heavy atom. The summed E-state index contributed by atoms with van der Waals surface area (Å²) < 4.78 is 40.4. The van der Waals surface area contributed by atoms with Crippen molar-refractivity contribution in [3.63, 3.8) is 0 Å². The third-order valence-corrected chi connectivity index (χ3v) is 6.31. The number of imide groups is 1. The summed E-state index contributed by atoms with van der Waals surface area (Å²) >= 11 is 0. The van der Waals surface area contributed by atoms with Crippen molar-refractivity contribution in [3.8, 4) is 0 Å². The normalized spacial score (nSPS) is 17.8. The molecule has 0 aromatic heterocycles. The number of amides is 3. The highest BCUT2D eigenvalue weighted by atomic mass is 32.2. The van der Waals surface area contributed by atoms with E-state index in [4.69, 9.17) is 0 Å². The van der Waals surface area contributed by atoms with Crippen LogP contribution >= 0.6 is 0 Å². The number of carbonyl (C=O) groups excluding carboxylic acids is 2. The number of carbonyl (C=O) groups is 2. The molecule has 1 aliphatic rings. The van der Waals surface area contributed by atoms with Gasteiger partial charge in [-0.05, 0) is 39.8 Å². The Kier molecular flexibility index (Phi) is 6.79. The predicted molar refractivity (Wildman–Crippen MR) is 103 cm³/mol. The van der Waals surface area contributed by atoms with Gasteiger partial charge in [0.15, 0.2) is 0 Å². The molecule has 1 aromatic carbocycles. The van der Waals surface area contributed by atoms with E-state index in [1.54, 1.807) is 32.6 Å². The average Bonchev–Trinajstić information content (AvgIpc) is 2.59. The number of urea groups is 1. The summed E-state index contributed by atoms with van der Waals surface area (Å²) in [5, 5.41) is 4.94. The second kappa shape index (κ2) is 8.54. The van der Waals surface area contributed by atoms with Gasteiger partial charge in [0.05, 0.1) is 6.04 Å². The Hall–Kier alpha value is -2.04. The van der Waals surface area contributed by atoms with E-state index < -0.39 is 39.4 Å². The van der Waals surface area contributed by atoms with Gasteiger partial charge in [-0.2, -0.15) is 4.31 Å². The number of nitrogens with one attached hydrogen (secondary N) is 2. The predicted octanol–water partition coefficient (Wildman–Crippen LogP) is 1.14. The molecule has 1 atom stereocenters. The third-order valence-electron chi connectivity index (χ3n) is 4.38. The third kappa shape index (κ3) is 5.49. The molecule has 2 rings (SSSR count). The minimum atomic E-state index is -3.93. The van der Waals surface area contributed by atoms with Gasteiger partial charge < -0.3 is 5.32 Å². The average molecular weight is 415 g/mol. The van der Waals surface area contributed by atoms with Gasteiger partial charge in [-0.25, -0.2) is 17.6 Å². The number of sulfonamides is 1. The SMILES string of the molecule is C[C@@H](C(=O)NC(=O)NC(C)(C)C)N1CCN(S(=O)(=O)c2ccccc2F)CC1. The lowest BCUT2D eigenvalue weighted by molar-refractivity contribution is -0.125. The molecule has 156 valence electrons. The van der Waals surface area contributed by atoms with Crippen LogP contribution in [0.5, 0.6) is 0 Å². The van der Waals surface area contributed by atoms with Gasteiger partial charge in [0.1, 0.15) is 10.7 Å². The highest BCUT2D eigenvalue weighted by Crippen LogP contribution is 2.21. The molecule has 1 aromatic rings. The van der Waals surface area contributed by atoms with E-state index in [0.29, 0.717) is 13.1 Å². The summed E-state index contributed by atoms with van der Waals surface area (Å²) in [6.45, 7) is 7.90. The van der Waals surface area contributed by atoms with Gasteiger partial charge in [-0.3, -0.25) is 15.0 Å². The first-order valence-corrected chi connectivity index (χ1v) is 10.5. The fraction of sp³-hybridized carbons (Fsp3) is 0.556. The lowest BCUT2D eigenvalue weighted by Crippen LogP contribution is -2.57. The number of benzene rings is 1. The number of piperazine rings is 1. The monoisotopic (exact) mass is 414 g/mol. The Morgan fingerprint density at radius 2 is 1.68 bits per heavy atom. The molecule has 3 amide bonds. The van der Waals surface area contributed by atoms with E-state index in [9.17, 15) is 22.4 Å². The molecule has 0 bridgehead atoms. The van der Waals surface area contributed by atoms with Crippen molar-refractivity contribution >= 4 is 22.0 Å². The van der Waals surface area contributed by atoms with Crippen LogP contribution in [0.4, 0.5) is 9.18 Å². The highest BCUT2D eigenvalue weighted by Gasteiger charge is 2.33. The molecule has 1 heterocycles. The molecule has 8 nitrogen and oxygen atoms in total. The van der Waals surface area contributed by atoms with Crippen molar-refractivity contribution < 1.29 is 22.4 Å². The molecule has 28 heavy (non-hydrogen) atoms. The van der Waals surface area contributed by atoms with Crippen molar-refractivity contribution in [2.75, 3.05) is 26.2 Å². The van der Waals surface area contributed by atoms with E-state index in [2.05, 4.69) is 10.6 Å². The molecular formula is C18H27FN4O4S. The first-order chi connectivity index (χ1) is 12.9. The zero-order chi connectivity index (χ0) is 21.1. The lowest BCUT2D eigenvalue weighted by atomic mass is 10.1. The highest BCUT2D eigenvalue weighted by molar-refractivity contribution is 7.89. The van der Waals surface area contributed by atoms with Gasteiger partial charge >= 0.3 is 6.03 Å². The molecule has 0 saturated carbocycles. The number of nitrogens with zero attached hydrogens (tertiary/aromatic N) is 2. The minimum Gasteiger partial charge on any atom is -0.333 e. The van der Waals surface area contributed by atoms with Crippen molar-refractivity contribution in [1.29, 1.82) is 0 Å². The van der Waals surface area contributed by atoms with Crippen LogP contribution in [0.2, 0.25) is 0 Å². The molecule has 1 fully saturated rings. The van der Waals surface area contributed by atoms with E-state index in [1.165, 1.54) is 22.5 Å². The van der Waals surface area contributed by atoms with Crippen LogP contribution < -0.4 is 10.6 Å². The number of hydrogen-bond donors (Lipinski definition) is 2. The van der Waals surface area contributed by atoms with Crippen LogP contribution in [-0.4, -0.2) is 67.3 Å². The second-order valence-corrected chi connectivity index (χ2v) is 9.65. The first-order valence-electron chi connectivity index (χ1n) is 9.03. The fourth-order valence-corrected chi connectivity index (χ4v) is 4.37. The summed E-state index contributed by atoms with van der Waals surface area (Å²) in [6.07, 6.45) is 0. The molecule has 2 N–H and O–H groups in total. The number of halogens is 1. The summed E-state index contributed by atoms with van der Waals surface area (Å²) in [4.78, 5) is 25.6. The van der Waals surface area contributed by atoms with Crippen LogP contribution in [0.1, 0.15) is 27.7 Å². The number of rotatable bonds is 4. The van der Waals surface area contributed by atoms with Crippen molar-refractivity contribution in [2.45, 2.75) is 44.2 Å². The molecule has 1 aliphatic heterocycles. The van der Waals surface area contributed by atoms with Crippen LogP contribution in [-0.2, 0) is 14.8 Å².